The van der Waals surface area contributed by atoms with Gasteiger partial charge in [0.2, 0.25) is 0 Å². The largest absolute Gasteiger partial charge is 0.504 e. The third kappa shape index (κ3) is 6.17. The molecule has 4 heterocycles. The maximum Gasteiger partial charge on any atom is 0.433 e. The van der Waals surface area contributed by atoms with Crippen LogP contribution in [0.15, 0.2) is 54.1 Å². The molecule has 2 aromatic heterocycles. The minimum absolute atomic E-state index is 0.0500. The van der Waals surface area contributed by atoms with E-state index in [9.17, 15) is 50.6 Å². The Kier molecular flexibility index (Phi) is 9.66. The van der Waals surface area contributed by atoms with Crippen LogP contribution in [0.5, 0.6) is 11.5 Å². The highest BCUT2D eigenvalue weighted by Gasteiger charge is 2.63. The number of hydrogen-bond donors (Lipinski definition) is 1. The van der Waals surface area contributed by atoms with E-state index in [1.165, 1.54) is 12.1 Å². The monoisotopic (exact) mass is 826 g/mol. The zero-order valence-electron chi connectivity index (χ0n) is 29.4. The van der Waals surface area contributed by atoms with Crippen molar-refractivity contribution in [3.63, 3.8) is 0 Å². The van der Waals surface area contributed by atoms with Crippen molar-refractivity contribution in [1.82, 2.24) is 20.0 Å². The van der Waals surface area contributed by atoms with Crippen LogP contribution >= 0.6 is 23.2 Å². The van der Waals surface area contributed by atoms with Gasteiger partial charge in [0.15, 0.2) is 23.1 Å². The van der Waals surface area contributed by atoms with Crippen molar-refractivity contribution in [3.05, 3.63) is 81.1 Å². The number of para-hydroxylation sites is 1. The van der Waals surface area contributed by atoms with E-state index in [1.54, 1.807) is 19.1 Å². The molecule has 0 radical (unpaired) electrons. The first-order valence-corrected chi connectivity index (χ1v) is 17.9. The maximum atomic E-state index is 14.5. The van der Waals surface area contributed by atoms with E-state index in [0.717, 1.165) is 36.2 Å². The molecule has 1 saturated carbocycles. The van der Waals surface area contributed by atoms with E-state index < -0.39 is 94.5 Å². The van der Waals surface area contributed by atoms with Gasteiger partial charge in [-0.05, 0) is 56.0 Å². The number of halogens is 8. The molecule has 6 atom stereocenters. The van der Waals surface area contributed by atoms with E-state index in [2.05, 4.69) is 9.97 Å². The molecule has 20 heteroatoms. The second kappa shape index (κ2) is 13.8. The molecule has 0 spiro atoms. The number of aromatic nitrogens is 2. The number of allylic oxidation sites excluding steroid dienone is 2. The van der Waals surface area contributed by atoms with Crippen LogP contribution in [-0.2, 0) is 31.5 Å². The Labute approximate surface area is 324 Å². The van der Waals surface area contributed by atoms with Crippen molar-refractivity contribution in [1.29, 1.82) is 0 Å². The summed E-state index contributed by atoms with van der Waals surface area (Å²) >= 11 is 12.5. The summed E-state index contributed by atoms with van der Waals surface area (Å²) in [6, 6.07) is 7.69. The number of carbonyl (C=O) groups excluding carboxylic acids is 4. The highest BCUT2D eigenvalue weighted by molar-refractivity contribution is 6.33. The predicted molar refractivity (Wildman–Crippen MR) is 186 cm³/mol. The summed E-state index contributed by atoms with van der Waals surface area (Å²) < 4.78 is 87.4. The number of nitrogens with zero attached hydrogens (tertiary/aromatic N) is 6. The lowest BCUT2D eigenvalue weighted by Gasteiger charge is -2.44. The van der Waals surface area contributed by atoms with Crippen molar-refractivity contribution in [2.75, 3.05) is 30.7 Å². The van der Waals surface area contributed by atoms with Gasteiger partial charge in [0.25, 0.3) is 23.6 Å². The van der Waals surface area contributed by atoms with Crippen molar-refractivity contribution in [2.24, 2.45) is 29.6 Å². The molecular weight excluding hydrogens is 797 g/mol. The van der Waals surface area contributed by atoms with Crippen LogP contribution in [0.3, 0.4) is 0 Å². The van der Waals surface area contributed by atoms with Gasteiger partial charge in [0.05, 0.1) is 40.3 Å². The summed E-state index contributed by atoms with van der Waals surface area (Å²) in [5.74, 6) is -11.5. The number of hydrazine groups is 2. The normalized spacial score (nSPS) is 24.9. The molecule has 1 N–H and O–H groups in total. The van der Waals surface area contributed by atoms with E-state index in [1.807, 2.05) is 0 Å². The zero-order chi connectivity index (χ0) is 40.8. The number of phenols is 1. The SMILES string of the molecule is CCOc1cccc(C2C3=CCC4C(=O)N(N(C)c5nc(C(F)(F)F)ccc5Cl)C(=O)C4C3CC3C(=O)N(N(C)c4nc(C(F)(F)F)ccc4Cl)C(=O)C32)c1O. The van der Waals surface area contributed by atoms with Gasteiger partial charge in [-0.3, -0.25) is 29.2 Å². The fourth-order valence-corrected chi connectivity index (χ4v) is 8.83. The molecule has 0 bridgehead atoms. The van der Waals surface area contributed by atoms with Crippen molar-refractivity contribution < 1.29 is 55.4 Å². The molecule has 296 valence electrons. The minimum atomic E-state index is -4.89. The van der Waals surface area contributed by atoms with E-state index >= 15 is 0 Å². The molecule has 1 aromatic carbocycles. The molecule has 7 rings (SSSR count). The lowest BCUT2D eigenvalue weighted by atomic mass is 9.57. The summed E-state index contributed by atoms with van der Waals surface area (Å²) in [7, 11) is 2.30. The fraction of sp³-hybridized carbons (Fsp3) is 0.389. The Bertz CT molecular complexity index is 2200. The van der Waals surface area contributed by atoms with Gasteiger partial charge in [0, 0.05) is 25.6 Å². The van der Waals surface area contributed by atoms with Gasteiger partial charge in [-0.15, -0.1) is 0 Å². The standard InChI is InChI=1S/C36H30Cl2F6N6O6/c1-4-56-22-7-5-6-16(28(22)51)25-15-8-9-17-26(33(54)49(31(17)52)47(2)29-20(37)10-12-23(45-29)35(39,40)41)18(15)14-19-27(25)34(55)50(32(19)53)48(3)30-21(38)11-13-24(46-30)36(42,43)44/h5-8,10-13,17-19,25-27,51H,4,9,14H2,1-3H3. The molecule has 2 saturated heterocycles. The number of benzene rings is 1. The van der Waals surface area contributed by atoms with Crippen molar-refractivity contribution >= 4 is 58.5 Å². The van der Waals surface area contributed by atoms with Crippen LogP contribution in [-0.4, -0.2) is 69.4 Å². The average molecular weight is 828 g/mol. The highest BCUT2D eigenvalue weighted by atomic mass is 35.5. The van der Waals surface area contributed by atoms with Crippen LogP contribution in [0.2, 0.25) is 10.0 Å². The van der Waals surface area contributed by atoms with Gasteiger partial charge < -0.3 is 9.84 Å². The number of pyridine rings is 2. The zero-order valence-corrected chi connectivity index (χ0v) is 30.9. The first kappa shape index (κ1) is 39.1. The third-order valence-corrected chi connectivity index (χ3v) is 11.3. The maximum absolute atomic E-state index is 14.5. The van der Waals surface area contributed by atoms with Crippen LogP contribution in [0.1, 0.15) is 42.6 Å². The molecule has 4 aliphatic rings. The molecular formula is C36H30Cl2F6N6O6. The number of carbonyl (C=O) groups is 4. The fourth-order valence-electron chi connectivity index (χ4n) is 8.38. The van der Waals surface area contributed by atoms with Crippen molar-refractivity contribution in [3.8, 4) is 11.5 Å². The average Bonchev–Trinajstić information content (AvgIpc) is 3.54. The molecule has 3 fully saturated rings. The van der Waals surface area contributed by atoms with Crippen molar-refractivity contribution in [2.45, 2.75) is 38.0 Å². The Morgan fingerprint density at radius 1 is 0.768 bits per heavy atom. The first-order chi connectivity index (χ1) is 26.3. The first-order valence-electron chi connectivity index (χ1n) is 17.1. The topological polar surface area (TPSA) is 136 Å². The Hall–Kier alpha value is -5.10. The van der Waals surface area contributed by atoms with Crippen LogP contribution < -0.4 is 14.8 Å². The number of hydrogen-bond acceptors (Lipinski definition) is 10. The number of imide groups is 2. The number of alkyl halides is 6. The Balaban J connectivity index is 1.31. The second-order valence-corrected chi connectivity index (χ2v) is 14.5. The van der Waals surface area contributed by atoms with E-state index in [4.69, 9.17) is 27.9 Å². The third-order valence-electron chi connectivity index (χ3n) is 10.7. The summed E-state index contributed by atoms with van der Waals surface area (Å²) in [6.07, 6.45) is -8.38. The smallest absolute Gasteiger partial charge is 0.433 e. The minimum Gasteiger partial charge on any atom is -0.504 e. The molecule has 2 aliphatic heterocycles. The molecule has 2 aliphatic carbocycles. The number of aromatic hydroxyl groups is 1. The van der Waals surface area contributed by atoms with Gasteiger partial charge in [-0.25, -0.2) is 9.97 Å². The number of rotatable bonds is 7. The van der Waals surface area contributed by atoms with Crippen LogP contribution in [0.25, 0.3) is 0 Å². The lowest BCUT2D eigenvalue weighted by molar-refractivity contribution is -0.143. The summed E-state index contributed by atoms with van der Waals surface area (Å²) in [5.41, 5.74) is -2.08. The van der Waals surface area contributed by atoms with E-state index in [-0.39, 0.29) is 46.6 Å². The molecule has 4 amide bonds. The molecule has 56 heavy (non-hydrogen) atoms. The number of phenolic OH excluding ortho intramolecular Hbond substituents is 1. The summed E-state index contributed by atoms with van der Waals surface area (Å²) in [5, 5.41) is 13.9. The quantitative estimate of drug-likeness (QED) is 0.156. The van der Waals surface area contributed by atoms with Gasteiger partial charge in [0.1, 0.15) is 11.4 Å². The summed E-state index contributed by atoms with van der Waals surface area (Å²) in [4.78, 5) is 64.4. The molecule has 3 aromatic rings. The highest BCUT2D eigenvalue weighted by Crippen LogP contribution is 2.60. The molecule has 12 nitrogen and oxygen atoms in total. The Morgan fingerprint density at radius 2 is 1.29 bits per heavy atom. The number of amides is 4. The van der Waals surface area contributed by atoms with Gasteiger partial charge in [-0.2, -0.15) is 36.4 Å². The predicted octanol–water partition coefficient (Wildman–Crippen LogP) is 6.66. The van der Waals surface area contributed by atoms with Crippen LogP contribution in [0.4, 0.5) is 38.0 Å². The number of anilines is 2. The molecule has 6 unspecified atom stereocenters. The lowest BCUT2D eigenvalue weighted by Crippen LogP contribution is -2.46. The van der Waals surface area contributed by atoms with Gasteiger partial charge in [-0.1, -0.05) is 47.0 Å². The second-order valence-electron chi connectivity index (χ2n) is 13.7. The van der Waals surface area contributed by atoms with Gasteiger partial charge >= 0.3 is 12.4 Å². The number of fused-ring (bicyclic) bond motifs is 4. The van der Waals surface area contributed by atoms with Crippen LogP contribution in [0, 0.1) is 29.6 Å². The van der Waals surface area contributed by atoms with E-state index in [0.29, 0.717) is 27.7 Å². The number of ether oxygens (including phenoxy) is 1. The Morgan fingerprint density at radius 3 is 1.80 bits per heavy atom. The summed E-state index contributed by atoms with van der Waals surface area (Å²) in [6.45, 7) is 1.82.